The molecule has 0 aliphatic heterocycles. The molecule has 3 N–H and O–H groups in total. The fourth-order valence-corrected chi connectivity index (χ4v) is 2.72. The minimum atomic E-state index is -4.57. The molecule has 3 rings (SSSR count). The first kappa shape index (κ1) is 19.7. The molecule has 0 saturated carbocycles. The lowest BCUT2D eigenvalue weighted by molar-refractivity contribution is -0.141. The van der Waals surface area contributed by atoms with Crippen molar-refractivity contribution in [2.45, 2.75) is 13.1 Å². The van der Waals surface area contributed by atoms with E-state index in [0.29, 0.717) is 10.6 Å². The van der Waals surface area contributed by atoms with Gasteiger partial charge in [0.2, 0.25) is 0 Å². The lowest BCUT2D eigenvalue weighted by Crippen LogP contribution is -2.13. The van der Waals surface area contributed by atoms with Crippen LogP contribution in [-0.4, -0.2) is 20.7 Å². The number of carbonyl (C=O) groups excluding carboxylic acids is 1. The summed E-state index contributed by atoms with van der Waals surface area (Å²) in [5, 5.41) is 6.48. The zero-order chi connectivity index (χ0) is 20.6. The van der Waals surface area contributed by atoms with E-state index in [0.717, 1.165) is 16.3 Å². The van der Waals surface area contributed by atoms with Gasteiger partial charge in [0.15, 0.2) is 5.69 Å². The average Bonchev–Trinajstić information content (AvgIpc) is 2.99. The molecule has 0 fully saturated rings. The smallest absolute Gasteiger partial charge is 0.383 e. The highest BCUT2D eigenvalue weighted by atomic mass is 35.5. The maximum absolute atomic E-state index is 12.8. The Kier molecular flexibility index (Phi) is 5.03. The number of anilines is 2. The van der Waals surface area contributed by atoms with E-state index in [-0.39, 0.29) is 22.9 Å². The predicted molar refractivity (Wildman–Crippen MR) is 100.0 cm³/mol. The summed E-state index contributed by atoms with van der Waals surface area (Å²) in [5.74, 6) is -0.334. The van der Waals surface area contributed by atoms with Crippen molar-refractivity contribution in [2.75, 3.05) is 11.1 Å². The number of nitrogen functional groups attached to an aromatic ring is 1. The number of hydrogen-bond donors (Lipinski definition) is 2. The van der Waals surface area contributed by atoms with Crippen LogP contribution in [0.4, 0.5) is 24.8 Å². The molecule has 10 heteroatoms. The van der Waals surface area contributed by atoms with Crippen molar-refractivity contribution >= 4 is 29.1 Å². The summed E-state index contributed by atoms with van der Waals surface area (Å²) in [6, 6.07) is 8.65. The van der Waals surface area contributed by atoms with Gasteiger partial charge in [0, 0.05) is 23.2 Å². The fraction of sp³-hybridized carbons (Fsp3) is 0.167. The zero-order valence-corrected chi connectivity index (χ0v) is 15.6. The monoisotopic (exact) mass is 409 g/mol. The Bertz CT molecular complexity index is 1060. The second kappa shape index (κ2) is 7.16. The largest absolute Gasteiger partial charge is 0.435 e. The minimum absolute atomic E-state index is 0.0449. The Morgan fingerprint density at radius 3 is 2.50 bits per heavy atom. The molecule has 6 nitrogen and oxygen atoms in total. The molecule has 0 aliphatic carbocycles. The SMILES string of the molecule is Cc1ccc(C(=O)Nc2ccc(-c3cc(C(F)(F)F)nn3C)c(N)n2)cc1Cl. The normalized spacial score (nSPS) is 11.5. The third-order valence-corrected chi connectivity index (χ3v) is 4.45. The molecule has 0 spiro atoms. The highest BCUT2D eigenvalue weighted by molar-refractivity contribution is 6.31. The molecule has 0 aliphatic rings. The number of carbonyl (C=O) groups is 1. The van der Waals surface area contributed by atoms with E-state index in [4.69, 9.17) is 17.3 Å². The van der Waals surface area contributed by atoms with Crippen molar-refractivity contribution in [2.24, 2.45) is 7.05 Å². The highest BCUT2D eigenvalue weighted by Crippen LogP contribution is 2.33. The number of pyridine rings is 1. The Hall–Kier alpha value is -3.07. The topological polar surface area (TPSA) is 85.8 Å². The summed E-state index contributed by atoms with van der Waals surface area (Å²) in [7, 11) is 1.38. The first-order valence-corrected chi connectivity index (χ1v) is 8.39. The Morgan fingerprint density at radius 1 is 1.21 bits per heavy atom. The Labute approximate surface area is 163 Å². The van der Waals surface area contributed by atoms with Gasteiger partial charge in [-0.15, -0.1) is 0 Å². The highest BCUT2D eigenvalue weighted by Gasteiger charge is 2.35. The summed E-state index contributed by atoms with van der Waals surface area (Å²) in [5.41, 5.74) is 6.45. The molecule has 0 unspecified atom stereocenters. The number of halogens is 4. The van der Waals surface area contributed by atoms with Gasteiger partial charge >= 0.3 is 6.18 Å². The van der Waals surface area contributed by atoms with Crippen LogP contribution in [0.3, 0.4) is 0 Å². The molecule has 1 aromatic carbocycles. The standard InChI is InChI=1S/C18H15ClF3N5O/c1-9-3-4-10(7-12(9)19)17(28)25-15-6-5-11(16(23)24-15)13-8-14(18(20,21)22)26-27(13)2/h3-8H,1-2H3,(H3,23,24,25,28). The van der Waals surface area contributed by atoms with E-state index in [9.17, 15) is 18.0 Å². The summed E-state index contributed by atoms with van der Waals surface area (Å²) < 4.78 is 39.6. The van der Waals surface area contributed by atoms with Gasteiger partial charge in [0.25, 0.3) is 5.91 Å². The van der Waals surface area contributed by atoms with E-state index < -0.39 is 17.8 Å². The second-order valence-corrected chi connectivity index (χ2v) is 6.49. The summed E-state index contributed by atoms with van der Waals surface area (Å²) >= 11 is 6.02. The third-order valence-electron chi connectivity index (χ3n) is 4.05. The van der Waals surface area contributed by atoms with Crippen molar-refractivity contribution < 1.29 is 18.0 Å². The van der Waals surface area contributed by atoms with Crippen LogP contribution in [0.5, 0.6) is 0 Å². The van der Waals surface area contributed by atoms with Gasteiger partial charge in [-0.3, -0.25) is 9.48 Å². The number of aromatic nitrogens is 3. The molecule has 0 saturated heterocycles. The summed E-state index contributed by atoms with van der Waals surface area (Å²) in [4.78, 5) is 16.4. The molecule has 2 heterocycles. The number of amides is 1. The van der Waals surface area contributed by atoms with E-state index >= 15 is 0 Å². The van der Waals surface area contributed by atoms with Crippen LogP contribution in [0.2, 0.25) is 5.02 Å². The van der Waals surface area contributed by atoms with Crippen LogP contribution in [-0.2, 0) is 13.2 Å². The maximum Gasteiger partial charge on any atom is 0.435 e. The first-order valence-electron chi connectivity index (χ1n) is 8.02. The number of rotatable bonds is 3. The number of alkyl halides is 3. The number of aryl methyl sites for hydroxylation is 2. The van der Waals surface area contributed by atoms with E-state index in [2.05, 4.69) is 15.4 Å². The molecule has 0 bridgehead atoms. The molecule has 146 valence electrons. The summed E-state index contributed by atoms with van der Waals surface area (Å²) in [6.07, 6.45) is -4.57. The van der Waals surface area contributed by atoms with Crippen LogP contribution in [0.15, 0.2) is 36.4 Å². The number of nitrogens with one attached hydrogen (secondary N) is 1. The Morgan fingerprint density at radius 2 is 1.93 bits per heavy atom. The van der Waals surface area contributed by atoms with Gasteiger partial charge in [-0.25, -0.2) is 4.98 Å². The zero-order valence-electron chi connectivity index (χ0n) is 14.8. The quantitative estimate of drug-likeness (QED) is 0.675. The molecule has 3 aromatic rings. The van der Waals surface area contributed by atoms with Crippen LogP contribution in [0, 0.1) is 6.92 Å². The maximum atomic E-state index is 12.8. The number of benzene rings is 1. The van der Waals surface area contributed by atoms with Crippen molar-refractivity contribution in [3.8, 4) is 11.3 Å². The lowest BCUT2D eigenvalue weighted by Gasteiger charge is -2.09. The molecule has 1 amide bonds. The molecule has 2 aromatic heterocycles. The van der Waals surface area contributed by atoms with Gasteiger partial charge in [-0.05, 0) is 42.8 Å². The minimum Gasteiger partial charge on any atom is -0.383 e. The fourth-order valence-electron chi connectivity index (χ4n) is 2.54. The van der Waals surface area contributed by atoms with Crippen molar-refractivity contribution in [3.63, 3.8) is 0 Å². The lowest BCUT2D eigenvalue weighted by atomic mass is 10.1. The van der Waals surface area contributed by atoms with E-state index in [1.807, 2.05) is 6.92 Å². The third kappa shape index (κ3) is 3.94. The van der Waals surface area contributed by atoms with Gasteiger partial charge < -0.3 is 11.1 Å². The molecule has 28 heavy (non-hydrogen) atoms. The molecule has 0 radical (unpaired) electrons. The predicted octanol–water partition coefficient (Wildman–Crippen LogP) is 4.30. The van der Waals surface area contributed by atoms with Gasteiger partial charge in [0.1, 0.15) is 11.6 Å². The van der Waals surface area contributed by atoms with Crippen LogP contribution < -0.4 is 11.1 Å². The van der Waals surface area contributed by atoms with Crippen LogP contribution >= 0.6 is 11.6 Å². The van der Waals surface area contributed by atoms with Crippen LogP contribution in [0.1, 0.15) is 21.6 Å². The van der Waals surface area contributed by atoms with Gasteiger partial charge in [0.05, 0.1) is 5.69 Å². The summed E-state index contributed by atoms with van der Waals surface area (Å²) in [6.45, 7) is 1.81. The van der Waals surface area contributed by atoms with Gasteiger partial charge in [-0.2, -0.15) is 18.3 Å². The van der Waals surface area contributed by atoms with Gasteiger partial charge in [-0.1, -0.05) is 17.7 Å². The van der Waals surface area contributed by atoms with E-state index in [1.165, 1.54) is 25.2 Å². The first-order chi connectivity index (χ1) is 13.1. The van der Waals surface area contributed by atoms with Crippen LogP contribution in [0.25, 0.3) is 11.3 Å². The Balaban J connectivity index is 1.86. The second-order valence-electron chi connectivity index (χ2n) is 6.08. The molecule has 0 atom stereocenters. The molecular formula is C18H15ClF3N5O. The molecular weight excluding hydrogens is 395 g/mol. The van der Waals surface area contributed by atoms with Crippen molar-refractivity contribution in [1.29, 1.82) is 0 Å². The van der Waals surface area contributed by atoms with Crippen molar-refractivity contribution in [3.05, 3.63) is 58.2 Å². The average molecular weight is 410 g/mol. The van der Waals surface area contributed by atoms with Crippen molar-refractivity contribution in [1.82, 2.24) is 14.8 Å². The number of nitrogens with two attached hydrogens (primary N) is 1. The number of nitrogens with zero attached hydrogens (tertiary/aromatic N) is 3. The number of hydrogen-bond acceptors (Lipinski definition) is 4. The van der Waals surface area contributed by atoms with E-state index in [1.54, 1.807) is 12.1 Å².